The lowest BCUT2D eigenvalue weighted by Crippen LogP contribution is -2.44. The second kappa shape index (κ2) is 8.75. The van der Waals surface area contributed by atoms with Gasteiger partial charge in [-0.25, -0.2) is 4.39 Å². The number of anilines is 1. The number of nitrogens with one attached hydrogen (secondary N) is 1. The van der Waals surface area contributed by atoms with Gasteiger partial charge in [0.2, 0.25) is 11.8 Å². The van der Waals surface area contributed by atoms with Crippen LogP contribution in [0.5, 0.6) is 0 Å². The number of fused-ring (bicyclic) bond motifs is 3. The molecule has 1 aliphatic heterocycles. The molecule has 0 fully saturated rings. The number of hydrogen-bond donors (Lipinski definition) is 1. The Bertz CT molecular complexity index is 1140. The van der Waals surface area contributed by atoms with Crippen molar-refractivity contribution in [2.24, 2.45) is 13.0 Å². The molecular weight excluding hydrogens is 413 g/mol. The topological polar surface area (TPSA) is 54.3 Å². The summed E-state index contributed by atoms with van der Waals surface area (Å²) in [6.45, 7) is 4.71. The standard InChI is InChI=1S/C24H26FN3O2S/c1-15(2)11-12-26-23(30)22-21-18-9-4-5-10-19(18)27(3)24(21)31-14-20(29)28(22)17-8-6-7-16(25)13-17/h4-10,13,15,22H,11-12,14H2,1-3H3,(H,26,30)/t22-/m0/s1. The Labute approximate surface area is 185 Å². The zero-order valence-electron chi connectivity index (χ0n) is 17.9. The van der Waals surface area contributed by atoms with Gasteiger partial charge in [-0.2, -0.15) is 0 Å². The van der Waals surface area contributed by atoms with Crippen LogP contribution in [0.15, 0.2) is 53.6 Å². The smallest absolute Gasteiger partial charge is 0.247 e. The number of amides is 2. The Hall–Kier alpha value is -2.80. The molecule has 0 unspecified atom stereocenters. The van der Waals surface area contributed by atoms with Crippen molar-refractivity contribution in [2.45, 2.75) is 31.3 Å². The van der Waals surface area contributed by atoms with Gasteiger partial charge < -0.3 is 9.88 Å². The molecule has 1 atom stereocenters. The maximum absolute atomic E-state index is 14.1. The fourth-order valence-corrected chi connectivity index (χ4v) is 5.13. The zero-order chi connectivity index (χ0) is 22.1. The third-order valence-electron chi connectivity index (χ3n) is 5.58. The zero-order valence-corrected chi connectivity index (χ0v) is 18.7. The lowest BCUT2D eigenvalue weighted by atomic mass is 10.0. The van der Waals surface area contributed by atoms with Gasteiger partial charge in [-0.1, -0.05) is 49.9 Å². The third-order valence-corrected chi connectivity index (χ3v) is 6.74. The van der Waals surface area contributed by atoms with Crippen LogP contribution in [0.25, 0.3) is 10.9 Å². The van der Waals surface area contributed by atoms with Crippen molar-refractivity contribution in [1.29, 1.82) is 0 Å². The summed E-state index contributed by atoms with van der Waals surface area (Å²) in [6, 6.07) is 12.9. The van der Waals surface area contributed by atoms with E-state index in [1.165, 1.54) is 28.8 Å². The minimum atomic E-state index is -0.877. The minimum Gasteiger partial charge on any atom is -0.354 e. The SMILES string of the molecule is CC(C)CCNC(=O)[C@@H]1c2c(n(C)c3ccccc23)SCC(=O)N1c1cccc(F)c1. The molecule has 4 rings (SSSR count). The number of nitrogens with zero attached hydrogens (tertiary/aromatic N) is 2. The second-order valence-corrected chi connectivity index (χ2v) is 9.17. The Morgan fingerprint density at radius 2 is 2.00 bits per heavy atom. The van der Waals surface area contributed by atoms with Crippen LogP contribution in [-0.2, 0) is 16.6 Å². The molecule has 2 aromatic carbocycles. The largest absolute Gasteiger partial charge is 0.354 e. The first-order valence-electron chi connectivity index (χ1n) is 10.4. The number of benzene rings is 2. The number of thioether (sulfide) groups is 1. The number of aryl methyl sites for hydroxylation is 1. The molecule has 5 nitrogen and oxygen atoms in total. The van der Waals surface area contributed by atoms with Crippen molar-refractivity contribution in [3.8, 4) is 0 Å². The lowest BCUT2D eigenvalue weighted by molar-refractivity contribution is -0.125. The van der Waals surface area contributed by atoms with E-state index in [0.29, 0.717) is 18.2 Å². The molecule has 1 aliphatic rings. The van der Waals surface area contributed by atoms with E-state index in [4.69, 9.17) is 0 Å². The monoisotopic (exact) mass is 439 g/mol. The van der Waals surface area contributed by atoms with Crippen LogP contribution in [0.4, 0.5) is 10.1 Å². The van der Waals surface area contributed by atoms with E-state index < -0.39 is 11.9 Å². The molecule has 1 N–H and O–H groups in total. The van der Waals surface area contributed by atoms with Crippen LogP contribution < -0.4 is 10.2 Å². The molecule has 2 heterocycles. The summed E-state index contributed by atoms with van der Waals surface area (Å²) in [5.41, 5.74) is 2.17. The van der Waals surface area contributed by atoms with Crippen LogP contribution in [-0.4, -0.2) is 28.7 Å². The van der Waals surface area contributed by atoms with Gasteiger partial charge in [0.05, 0.1) is 10.8 Å². The average Bonchev–Trinajstić information content (AvgIpc) is 2.91. The second-order valence-electron chi connectivity index (χ2n) is 8.20. The van der Waals surface area contributed by atoms with Gasteiger partial charge in [0.15, 0.2) is 0 Å². The van der Waals surface area contributed by atoms with Crippen molar-refractivity contribution in [2.75, 3.05) is 17.2 Å². The number of carbonyl (C=O) groups excluding carboxylic acids is 2. The maximum Gasteiger partial charge on any atom is 0.247 e. The fourth-order valence-electron chi connectivity index (χ4n) is 4.06. The Morgan fingerprint density at radius 1 is 1.23 bits per heavy atom. The molecule has 7 heteroatoms. The van der Waals surface area contributed by atoms with E-state index in [2.05, 4.69) is 19.2 Å². The molecule has 0 aliphatic carbocycles. The van der Waals surface area contributed by atoms with Crippen molar-refractivity contribution < 1.29 is 14.0 Å². The number of para-hydroxylation sites is 1. The van der Waals surface area contributed by atoms with E-state index in [-0.39, 0.29) is 17.6 Å². The van der Waals surface area contributed by atoms with Gasteiger partial charge in [-0.15, -0.1) is 0 Å². The molecular formula is C24H26FN3O2S. The first kappa shape index (κ1) is 21.4. The van der Waals surface area contributed by atoms with Gasteiger partial charge in [0.1, 0.15) is 11.9 Å². The molecule has 0 spiro atoms. The van der Waals surface area contributed by atoms with Crippen LogP contribution in [0.3, 0.4) is 0 Å². The molecule has 0 radical (unpaired) electrons. The third kappa shape index (κ3) is 4.06. The fraction of sp³-hybridized carbons (Fsp3) is 0.333. The highest BCUT2D eigenvalue weighted by Gasteiger charge is 2.39. The predicted octanol–water partition coefficient (Wildman–Crippen LogP) is 4.66. The molecule has 31 heavy (non-hydrogen) atoms. The van der Waals surface area contributed by atoms with Crippen molar-refractivity contribution >= 4 is 40.2 Å². The van der Waals surface area contributed by atoms with Gasteiger partial charge in [-0.05, 0) is 36.6 Å². The summed E-state index contributed by atoms with van der Waals surface area (Å²) in [4.78, 5) is 28.2. The number of halogens is 1. The number of hydrogen-bond acceptors (Lipinski definition) is 3. The van der Waals surface area contributed by atoms with E-state index in [1.807, 2.05) is 35.9 Å². The van der Waals surface area contributed by atoms with Crippen LogP contribution >= 0.6 is 11.8 Å². The van der Waals surface area contributed by atoms with Gasteiger partial charge in [-0.3, -0.25) is 14.5 Å². The summed E-state index contributed by atoms with van der Waals surface area (Å²) < 4.78 is 16.1. The molecule has 2 amide bonds. The summed E-state index contributed by atoms with van der Waals surface area (Å²) in [6.07, 6.45) is 0.837. The van der Waals surface area contributed by atoms with Crippen molar-refractivity contribution in [3.63, 3.8) is 0 Å². The Morgan fingerprint density at radius 3 is 2.74 bits per heavy atom. The summed E-state index contributed by atoms with van der Waals surface area (Å²) in [5.74, 6) is -0.305. The van der Waals surface area contributed by atoms with Gasteiger partial charge in [0.25, 0.3) is 0 Å². The Balaban J connectivity index is 1.89. The molecule has 0 saturated heterocycles. The Kier molecular flexibility index (Phi) is 6.05. The number of carbonyl (C=O) groups is 2. The normalized spacial score (nSPS) is 16.5. The molecule has 3 aromatic rings. The van der Waals surface area contributed by atoms with E-state index >= 15 is 0 Å². The quantitative estimate of drug-likeness (QED) is 0.629. The van der Waals surface area contributed by atoms with E-state index in [1.54, 1.807) is 12.1 Å². The lowest BCUT2D eigenvalue weighted by Gasteiger charge is -2.30. The molecule has 0 bridgehead atoms. The van der Waals surface area contributed by atoms with Gasteiger partial charge in [0, 0.05) is 35.7 Å². The first-order chi connectivity index (χ1) is 14.9. The van der Waals surface area contributed by atoms with Gasteiger partial charge >= 0.3 is 0 Å². The van der Waals surface area contributed by atoms with Crippen LogP contribution in [0, 0.1) is 11.7 Å². The average molecular weight is 440 g/mol. The minimum absolute atomic E-state index is 0.170. The highest BCUT2D eigenvalue weighted by Crippen LogP contribution is 2.43. The maximum atomic E-state index is 14.1. The van der Waals surface area contributed by atoms with E-state index in [9.17, 15) is 14.0 Å². The van der Waals surface area contributed by atoms with Crippen molar-refractivity contribution in [1.82, 2.24) is 9.88 Å². The summed E-state index contributed by atoms with van der Waals surface area (Å²) >= 11 is 1.42. The first-order valence-corrected chi connectivity index (χ1v) is 11.4. The summed E-state index contributed by atoms with van der Waals surface area (Å²) in [7, 11) is 1.95. The summed E-state index contributed by atoms with van der Waals surface area (Å²) in [5, 5.41) is 4.83. The predicted molar refractivity (Wildman–Crippen MR) is 123 cm³/mol. The van der Waals surface area contributed by atoms with E-state index in [0.717, 1.165) is 27.9 Å². The van der Waals surface area contributed by atoms with Crippen molar-refractivity contribution in [3.05, 3.63) is 59.9 Å². The number of aromatic nitrogens is 1. The molecule has 1 aromatic heterocycles. The molecule has 0 saturated carbocycles. The highest BCUT2D eigenvalue weighted by atomic mass is 32.2. The van der Waals surface area contributed by atoms with Crippen LogP contribution in [0.1, 0.15) is 31.9 Å². The number of rotatable bonds is 5. The highest BCUT2D eigenvalue weighted by molar-refractivity contribution is 8.00. The van der Waals surface area contributed by atoms with Crippen LogP contribution in [0.2, 0.25) is 0 Å². The molecule has 162 valence electrons.